The number of nitrogens with zero attached hydrogens (tertiary/aromatic N) is 2. The molecule has 5 rings (SSSR count). The van der Waals surface area contributed by atoms with Crippen LogP contribution in [0.2, 0.25) is 0 Å². The van der Waals surface area contributed by atoms with E-state index in [2.05, 4.69) is 17.4 Å². The van der Waals surface area contributed by atoms with Gasteiger partial charge in [0.15, 0.2) is 5.54 Å². The molecular weight excluding hydrogens is 534 g/mol. The molecule has 2 amide bonds. The summed E-state index contributed by atoms with van der Waals surface area (Å²) in [4.78, 5) is 42.9. The molecule has 0 aromatic heterocycles. The number of aliphatic carboxylic acids is 1. The van der Waals surface area contributed by atoms with Gasteiger partial charge in [-0.25, -0.2) is 9.59 Å². The minimum absolute atomic E-state index is 0.104. The lowest BCUT2D eigenvalue weighted by molar-refractivity contribution is -0.161. The fourth-order valence-electron chi connectivity index (χ4n) is 6.30. The third kappa shape index (κ3) is 5.89. The molecule has 0 radical (unpaired) electrons. The smallest absolute Gasteiger partial charge is 0.407 e. The molecule has 2 atom stereocenters. The van der Waals surface area contributed by atoms with Crippen molar-refractivity contribution in [3.63, 3.8) is 0 Å². The Hall–Kier alpha value is -4.21. The maximum atomic E-state index is 14.0. The van der Waals surface area contributed by atoms with Gasteiger partial charge >= 0.3 is 12.1 Å². The number of methoxy groups -OCH3 is 1. The quantitative estimate of drug-likeness (QED) is 0.357. The van der Waals surface area contributed by atoms with E-state index < -0.39 is 29.6 Å². The molecule has 220 valence electrons. The van der Waals surface area contributed by atoms with E-state index in [9.17, 15) is 19.5 Å². The zero-order chi connectivity index (χ0) is 29.7. The number of carbonyl (C=O) groups is 3. The number of alkyl carbamates (subject to hydrolysis) is 1. The molecule has 1 heterocycles. The number of benzene rings is 3. The van der Waals surface area contributed by atoms with Gasteiger partial charge in [-0.05, 0) is 47.7 Å². The van der Waals surface area contributed by atoms with Crippen LogP contribution in [0.4, 0.5) is 4.79 Å². The summed E-state index contributed by atoms with van der Waals surface area (Å²) in [7, 11) is 3.28. The number of nitrogens with one attached hydrogen (secondary N) is 1. The molecule has 3 aromatic carbocycles. The third-order valence-electron chi connectivity index (χ3n) is 8.26. The highest BCUT2D eigenvalue weighted by molar-refractivity contribution is 5.92. The van der Waals surface area contributed by atoms with Crippen LogP contribution in [-0.4, -0.2) is 84.9 Å². The van der Waals surface area contributed by atoms with E-state index in [0.717, 1.165) is 27.8 Å². The van der Waals surface area contributed by atoms with Gasteiger partial charge in [0, 0.05) is 32.7 Å². The zero-order valence-electron chi connectivity index (χ0n) is 24.0. The Balaban J connectivity index is 1.33. The largest absolute Gasteiger partial charge is 0.479 e. The van der Waals surface area contributed by atoms with Gasteiger partial charge in [0.2, 0.25) is 5.91 Å². The van der Waals surface area contributed by atoms with Crippen molar-refractivity contribution in [3.05, 3.63) is 95.6 Å². The van der Waals surface area contributed by atoms with Crippen LogP contribution in [-0.2, 0) is 25.6 Å². The standard InChI is InChI=1S/C33H37N3O6/c1-35(19-23-11-4-3-5-12-23)20-29(30(37)36-18-10-17-33(36,22-41-2)31(38)39)34-32(40)42-21-28-26-15-8-6-13-24(26)25-14-7-9-16-27(25)28/h3-9,11-16,28-29H,10,17-22H2,1-2H3,(H,34,40)(H,38,39). The van der Waals surface area contributed by atoms with Crippen LogP contribution < -0.4 is 5.32 Å². The summed E-state index contributed by atoms with van der Waals surface area (Å²) < 4.78 is 11.0. The van der Waals surface area contributed by atoms with Crippen molar-refractivity contribution in [1.82, 2.24) is 15.1 Å². The topological polar surface area (TPSA) is 108 Å². The summed E-state index contributed by atoms with van der Waals surface area (Å²) in [6, 6.07) is 24.9. The van der Waals surface area contributed by atoms with Crippen molar-refractivity contribution in [2.24, 2.45) is 0 Å². The Morgan fingerprint density at radius 2 is 1.62 bits per heavy atom. The number of amides is 2. The molecule has 0 spiro atoms. The number of likely N-dealkylation sites (tertiary alicyclic amines) is 1. The van der Waals surface area contributed by atoms with Crippen molar-refractivity contribution < 1.29 is 29.0 Å². The number of carboxylic acid groups (broad SMARTS) is 1. The number of hydrogen-bond acceptors (Lipinski definition) is 6. The van der Waals surface area contributed by atoms with E-state index in [1.807, 2.05) is 78.7 Å². The van der Waals surface area contributed by atoms with E-state index in [1.165, 1.54) is 12.0 Å². The molecule has 2 aliphatic rings. The molecule has 1 fully saturated rings. The Morgan fingerprint density at radius 1 is 1.00 bits per heavy atom. The molecule has 1 saturated heterocycles. The molecule has 1 aliphatic heterocycles. The molecular formula is C33H37N3O6. The van der Waals surface area contributed by atoms with Crippen LogP contribution in [0, 0.1) is 0 Å². The lowest BCUT2D eigenvalue weighted by atomic mass is 9.96. The first-order valence-electron chi connectivity index (χ1n) is 14.2. The van der Waals surface area contributed by atoms with Gasteiger partial charge < -0.3 is 24.8 Å². The fraction of sp³-hybridized carbons (Fsp3) is 0.364. The highest BCUT2D eigenvalue weighted by Gasteiger charge is 2.51. The Kier molecular flexibility index (Phi) is 8.89. The van der Waals surface area contributed by atoms with Crippen molar-refractivity contribution >= 4 is 18.0 Å². The van der Waals surface area contributed by atoms with Crippen LogP contribution in [0.25, 0.3) is 11.1 Å². The first kappa shape index (κ1) is 29.3. The van der Waals surface area contributed by atoms with Crippen LogP contribution in [0.3, 0.4) is 0 Å². The molecule has 3 aromatic rings. The minimum Gasteiger partial charge on any atom is -0.479 e. The second kappa shape index (κ2) is 12.8. The molecule has 42 heavy (non-hydrogen) atoms. The Morgan fingerprint density at radius 3 is 2.24 bits per heavy atom. The molecule has 0 saturated carbocycles. The lowest BCUT2D eigenvalue weighted by Gasteiger charge is -2.37. The molecule has 2 unspecified atom stereocenters. The maximum absolute atomic E-state index is 14.0. The molecule has 0 bridgehead atoms. The summed E-state index contributed by atoms with van der Waals surface area (Å²) in [5, 5.41) is 12.9. The van der Waals surface area contributed by atoms with Gasteiger partial charge in [-0.15, -0.1) is 0 Å². The van der Waals surface area contributed by atoms with E-state index in [1.54, 1.807) is 0 Å². The normalized spacial score (nSPS) is 18.4. The summed E-state index contributed by atoms with van der Waals surface area (Å²) in [5.41, 5.74) is 3.98. The van der Waals surface area contributed by atoms with Crippen LogP contribution in [0.15, 0.2) is 78.9 Å². The van der Waals surface area contributed by atoms with Gasteiger partial charge in [0.05, 0.1) is 6.61 Å². The maximum Gasteiger partial charge on any atom is 0.407 e. The summed E-state index contributed by atoms with van der Waals surface area (Å²) >= 11 is 0. The Bertz CT molecular complexity index is 1380. The van der Waals surface area contributed by atoms with E-state index in [4.69, 9.17) is 9.47 Å². The predicted octanol–water partition coefficient (Wildman–Crippen LogP) is 4.12. The van der Waals surface area contributed by atoms with Crippen molar-refractivity contribution in [1.29, 1.82) is 0 Å². The number of carboxylic acids is 1. The average Bonchev–Trinajstić information content (AvgIpc) is 3.56. The number of rotatable bonds is 11. The predicted molar refractivity (Wildman–Crippen MR) is 158 cm³/mol. The Labute approximate surface area is 246 Å². The van der Waals surface area contributed by atoms with Gasteiger partial charge in [0.25, 0.3) is 0 Å². The second-order valence-corrected chi connectivity index (χ2v) is 11.1. The van der Waals surface area contributed by atoms with E-state index in [-0.39, 0.29) is 38.6 Å². The zero-order valence-corrected chi connectivity index (χ0v) is 24.0. The molecule has 2 N–H and O–H groups in total. The van der Waals surface area contributed by atoms with Gasteiger partial charge in [-0.1, -0.05) is 78.9 Å². The van der Waals surface area contributed by atoms with Gasteiger partial charge in [0.1, 0.15) is 12.6 Å². The van der Waals surface area contributed by atoms with Crippen LogP contribution in [0.1, 0.15) is 35.4 Å². The SMILES string of the molecule is COCC1(C(=O)O)CCCN1C(=O)C(CN(C)Cc1ccccc1)NC(=O)OCC1c2ccccc2-c2ccccc21. The lowest BCUT2D eigenvalue weighted by Crippen LogP contribution is -2.62. The molecule has 1 aliphatic carbocycles. The van der Waals surface area contributed by atoms with Gasteiger partial charge in [-0.3, -0.25) is 9.69 Å². The van der Waals surface area contributed by atoms with Crippen molar-refractivity contribution in [3.8, 4) is 11.1 Å². The summed E-state index contributed by atoms with van der Waals surface area (Å²) in [6.07, 6.45) is 0.0772. The number of likely N-dealkylation sites (N-methyl/N-ethyl adjacent to an activating group) is 1. The monoisotopic (exact) mass is 571 g/mol. The highest BCUT2D eigenvalue weighted by atomic mass is 16.5. The number of carbonyl (C=O) groups excluding carboxylic acids is 2. The highest BCUT2D eigenvalue weighted by Crippen LogP contribution is 2.44. The number of ether oxygens (including phenoxy) is 2. The second-order valence-electron chi connectivity index (χ2n) is 11.1. The summed E-state index contributed by atoms with van der Waals surface area (Å²) in [6.45, 7) is 0.939. The number of fused-ring (bicyclic) bond motifs is 3. The fourth-order valence-corrected chi connectivity index (χ4v) is 6.30. The first-order chi connectivity index (χ1) is 20.3. The van der Waals surface area contributed by atoms with Gasteiger partial charge in [-0.2, -0.15) is 0 Å². The molecule has 9 nitrogen and oxygen atoms in total. The average molecular weight is 572 g/mol. The summed E-state index contributed by atoms with van der Waals surface area (Å²) in [5.74, 6) is -1.72. The van der Waals surface area contributed by atoms with Crippen molar-refractivity contribution in [2.45, 2.75) is 36.9 Å². The number of hydrogen-bond donors (Lipinski definition) is 2. The van der Waals surface area contributed by atoms with Crippen LogP contribution >= 0.6 is 0 Å². The minimum atomic E-state index is -1.48. The molecule has 9 heteroatoms. The van der Waals surface area contributed by atoms with Crippen LogP contribution in [0.5, 0.6) is 0 Å². The first-order valence-corrected chi connectivity index (χ1v) is 14.2. The van der Waals surface area contributed by atoms with Crippen molar-refractivity contribution in [2.75, 3.05) is 40.5 Å². The van der Waals surface area contributed by atoms with E-state index >= 15 is 0 Å². The third-order valence-corrected chi connectivity index (χ3v) is 8.26. The van der Waals surface area contributed by atoms with E-state index in [0.29, 0.717) is 13.0 Å².